The van der Waals surface area contributed by atoms with Crippen LogP contribution in [0.4, 0.5) is 5.69 Å². The van der Waals surface area contributed by atoms with Gasteiger partial charge in [0.15, 0.2) is 5.60 Å². The van der Waals surface area contributed by atoms with Crippen LogP contribution in [0.1, 0.15) is 86.3 Å². The highest BCUT2D eigenvalue weighted by atomic mass is 16.5. The minimum atomic E-state index is -1.20. The fourth-order valence-corrected chi connectivity index (χ4v) is 6.93. The number of rotatable bonds is 12. The number of hydrogen-bond donors (Lipinski definition) is 1. The lowest BCUT2D eigenvalue weighted by molar-refractivity contribution is -0.135. The number of aliphatic hydroxyl groups is 1. The van der Waals surface area contributed by atoms with E-state index in [9.17, 15) is 14.7 Å². The van der Waals surface area contributed by atoms with Gasteiger partial charge >= 0.3 is 0 Å². The lowest BCUT2D eigenvalue weighted by Gasteiger charge is -2.42. The summed E-state index contributed by atoms with van der Waals surface area (Å²) in [5.74, 6) is 0.396. The molecule has 0 bridgehead atoms. The van der Waals surface area contributed by atoms with Crippen molar-refractivity contribution < 1.29 is 19.4 Å². The van der Waals surface area contributed by atoms with Crippen molar-refractivity contribution in [3.05, 3.63) is 95.1 Å². The number of anilines is 1. The Hall–Kier alpha value is -3.68. The summed E-state index contributed by atoms with van der Waals surface area (Å²) in [5.41, 5.74) is 3.27. The predicted molar refractivity (Wildman–Crippen MR) is 179 cm³/mol. The van der Waals surface area contributed by atoms with Gasteiger partial charge in [-0.3, -0.25) is 14.5 Å². The van der Waals surface area contributed by atoms with Crippen molar-refractivity contribution >= 4 is 17.5 Å². The van der Waals surface area contributed by atoms with Crippen LogP contribution in [-0.4, -0.2) is 64.1 Å². The minimum Gasteiger partial charge on any atom is -0.475 e. The standard InChI is InChI=1S/C38H49N3O4/c1-28(2)41(32-18-12-7-13-19-32)36(43)33-25-34-35(24-29(33)3)45-38(4,20-23-42)37(44)40(34)22-21-39(26-30-14-8-5-9-15-30)27-31-16-10-6-11-17-31/h5-6,8-11,14-17,24-25,28,32,42H,7,12-13,18-23,26-27H2,1-4H3. The maximum Gasteiger partial charge on any atom is 0.271 e. The van der Waals surface area contributed by atoms with E-state index in [2.05, 4.69) is 47.9 Å². The molecule has 1 unspecified atom stereocenters. The lowest BCUT2D eigenvalue weighted by atomic mass is 9.92. The van der Waals surface area contributed by atoms with Crippen LogP contribution in [0.3, 0.4) is 0 Å². The topological polar surface area (TPSA) is 73.3 Å². The minimum absolute atomic E-state index is 0.0167. The average molecular weight is 612 g/mol. The molecule has 3 aromatic rings. The second kappa shape index (κ2) is 14.6. The molecule has 0 saturated heterocycles. The Morgan fingerprint density at radius 2 is 1.58 bits per heavy atom. The maximum atomic E-state index is 14.2. The van der Waals surface area contributed by atoms with Gasteiger partial charge in [0.1, 0.15) is 5.75 Å². The number of aryl methyl sites for hydroxylation is 1. The Balaban J connectivity index is 1.48. The van der Waals surface area contributed by atoms with Crippen LogP contribution in [0.15, 0.2) is 72.8 Å². The maximum absolute atomic E-state index is 14.2. The molecule has 3 aromatic carbocycles. The number of nitrogens with zero attached hydrogens (tertiary/aromatic N) is 3. The van der Waals surface area contributed by atoms with Crippen LogP contribution in [0.25, 0.3) is 0 Å². The fraction of sp³-hybridized carbons (Fsp3) is 0.474. The molecule has 2 amide bonds. The zero-order valence-corrected chi connectivity index (χ0v) is 27.4. The van der Waals surface area contributed by atoms with Crippen LogP contribution in [-0.2, 0) is 17.9 Å². The van der Waals surface area contributed by atoms with Gasteiger partial charge in [-0.2, -0.15) is 0 Å². The lowest BCUT2D eigenvalue weighted by Crippen LogP contribution is -2.56. The predicted octanol–water partition coefficient (Wildman–Crippen LogP) is 6.75. The van der Waals surface area contributed by atoms with Gasteiger partial charge in [-0.05, 0) is 69.4 Å². The molecule has 1 fully saturated rings. The first-order valence-corrected chi connectivity index (χ1v) is 16.6. The van der Waals surface area contributed by atoms with E-state index < -0.39 is 5.60 Å². The van der Waals surface area contributed by atoms with E-state index in [-0.39, 0.29) is 36.9 Å². The molecular formula is C38H49N3O4. The van der Waals surface area contributed by atoms with E-state index in [0.29, 0.717) is 30.1 Å². The van der Waals surface area contributed by atoms with Crippen molar-refractivity contribution in [2.45, 2.75) is 97.0 Å². The Labute approximate surface area is 268 Å². The molecule has 7 heteroatoms. The van der Waals surface area contributed by atoms with Gasteiger partial charge in [0.2, 0.25) is 0 Å². The molecule has 7 nitrogen and oxygen atoms in total. The second-order valence-corrected chi connectivity index (χ2v) is 13.2. The van der Waals surface area contributed by atoms with Crippen molar-refractivity contribution in [3.8, 4) is 5.75 Å². The highest BCUT2D eigenvalue weighted by Gasteiger charge is 2.45. The number of carbonyl (C=O) groups is 2. The highest BCUT2D eigenvalue weighted by molar-refractivity contribution is 6.05. The van der Waals surface area contributed by atoms with E-state index in [1.807, 2.05) is 55.5 Å². The molecule has 1 aliphatic heterocycles. The number of aliphatic hydroxyl groups excluding tert-OH is 1. The molecule has 0 aromatic heterocycles. The molecule has 5 rings (SSSR count). The number of fused-ring (bicyclic) bond motifs is 1. The van der Waals surface area contributed by atoms with Crippen molar-refractivity contribution in [2.75, 3.05) is 24.6 Å². The smallest absolute Gasteiger partial charge is 0.271 e. The first-order valence-electron chi connectivity index (χ1n) is 16.6. The van der Waals surface area contributed by atoms with Crippen LogP contribution in [0, 0.1) is 6.92 Å². The zero-order valence-electron chi connectivity index (χ0n) is 27.4. The third-order valence-corrected chi connectivity index (χ3v) is 9.35. The zero-order chi connectivity index (χ0) is 32.0. The van der Waals surface area contributed by atoms with Crippen LogP contribution in [0.5, 0.6) is 5.75 Å². The van der Waals surface area contributed by atoms with E-state index in [1.165, 1.54) is 17.5 Å². The van der Waals surface area contributed by atoms with Crippen molar-refractivity contribution in [1.29, 1.82) is 0 Å². The molecular weight excluding hydrogens is 562 g/mol. The monoisotopic (exact) mass is 611 g/mol. The molecule has 1 heterocycles. The van der Waals surface area contributed by atoms with Crippen molar-refractivity contribution in [2.24, 2.45) is 0 Å². The average Bonchev–Trinajstić information content (AvgIpc) is 3.02. The van der Waals surface area contributed by atoms with Crippen LogP contribution in [0.2, 0.25) is 0 Å². The van der Waals surface area contributed by atoms with E-state index in [1.54, 1.807) is 11.8 Å². The molecule has 45 heavy (non-hydrogen) atoms. The number of carbonyl (C=O) groups excluding carboxylic acids is 2. The summed E-state index contributed by atoms with van der Waals surface area (Å²) < 4.78 is 6.35. The summed E-state index contributed by atoms with van der Waals surface area (Å²) in [6.45, 7) is 10.2. The normalized spacial score (nSPS) is 18.6. The molecule has 2 aliphatic rings. The van der Waals surface area contributed by atoms with Gasteiger partial charge in [-0.25, -0.2) is 0 Å². The Morgan fingerprint density at radius 1 is 0.978 bits per heavy atom. The largest absolute Gasteiger partial charge is 0.475 e. The van der Waals surface area contributed by atoms with Gasteiger partial charge in [-0.15, -0.1) is 0 Å². The highest BCUT2D eigenvalue weighted by Crippen LogP contribution is 2.41. The molecule has 1 atom stereocenters. The second-order valence-electron chi connectivity index (χ2n) is 13.2. The van der Waals surface area contributed by atoms with Gasteiger partial charge < -0.3 is 19.6 Å². The summed E-state index contributed by atoms with van der Waals surface area (Å²) >= 11 is 0. The molecule has 0 spiro atoms. The summed E-state index contributed by atoms with van der Waals surface area (Å²) in [7, 11) is 0. The van der Waals surface area contributed by atoms with E-state index in [0.717, 1.165) is 44.3 Å². The molecule has 1 aliphatic carbocycles. The quantitative estimate of drug-likeness (QED) is 0.245. The third-order valence-electron chi connectivity index (χ3n) is 9.35. The van der Waals surface area contributed by atoms with Gasteiger partial charge in [0.05, 0.1) is 5.69 Å². The van der Waals surface area contributed by atoms with Crippen LogP contribution >= 0.6 is 0 Å². The van der Waals surface area contributed by atoms with Crippen molar-refractivity contribution in [3.63, 3.8) is 0 Å². The SMILES string of the molecule is Cc1cc2c(cc1C(=O)N(C(C)C)C1CCCCC1)N(CCN(Cc1ccccc1)Cc1ccccc1)C(=O)C(C)(CCO)O2. The first kappa shape index (κ1) is 32.7. The molecule has 0 radical (unpaired) electrons. The van der Waals surface area contributed by atoms with Gasteiger partial charge in [-0.1, -0.05) is 79.9 Å². The summed E-state index contributed by atoms with van der Waals surface area (Å²) in [6.07, 6.45) is 5.75. The van der Waals surface area contributed by atoms with Gasteiger partial charge in [0.25, 0.3) is 11.8 Å². The van der Waals surface area contributed by atoms with Crippen molar-refractivity contribution in [1.82, 2.24) is 9.80 Å². The molecule has 1 N–H and O–H groups in total. The first-order chi connectivity index (χ1) is 21.7. The van der Waals surface area contributed by atoms with Crippen LogP contribution < -0.4 is 9.64 Å². The van der Waals surface area contributed by atoms with Gasteiger partial charge in [0, 0.05) is 56.9 Å². The summed E-state index contributed by atoms with van der Waals surface area (Å²) in [4.78, 5) is 34.6. The number of benzene rings is 3. The Bertz CT molecular complexity index is 1400. The number of ether oxygens (including phenoxy) is 1. The molecule has 1 saturated carbocycles. The molecule has 240 valence electrons. The van der Waals surface area contributed by atoms with E-state index in [4.69, 9.17) is 4.74 Å². The number of hydrogen-bond acceptors (Lipinski definition) is 5. The summed E-state index contributed by atoms with van der Waals surface area (Å²) in [5, 5.41) is 9.88. The van der Waals surface area contributed by atoms with E-state index >= 15 is 0 Å². The number of amides is 2. The fourth-order valence-electron chi connectivity index (χ4n) is 6.93. The third kappa shape index (κ3) is 7.59. The summed E-state index contributed by atoms with van der Waals surface area (Å²) in [6, 6.07) is 24.8. The Morgan fingerprint density at radius 3 is 2.13 bits per heavy atom. The Kier molecular flexibility index (Phi) is 10.6.